The zero-order valence-corrected chi connectivity index (χ0v) is 18.4. The van der Waals surface area contributed by atoms with Crippen LogP contribution in [0.25, 0.3) is 5.69 Å². The Kier molecular flexibility index (Phi) is 5.04. The fourth-order valence-corrected chi connectivity index (χ4v) is 4.47. The molecule has 2 atom stereocenters. The van der Waals surface area contributed by atoms with Crippen molar-refractivity contribution in [2.24, 2.45) is 0 Å². The third kappa shape index (κ3) is 3.38. The van der Waals surface area contributed by atoms with E-state index in [2.05, 4.69) is 96.1 Å². The summed E-state index contributed by atoms with van der Waals surface area (Å²) in [5.74, 6) is 0. The molecule has 4 rings (SSSR count). The highest BCUT2D eigenvalue weighted by Crippen LogP contribution is 2.40. The molecule has 0 spiro atoms. The second-order valence-electron chi connectivity index (χ2n) is 7.81. The minimum absolute atomic E-state index is 0.0266. The number of hydrogen-bond donors (Lipinski definition) is 1. The molecule has 1 aliphatic heterocycles. The first-order chi connectivity index (χ1) is 13.9. The van der Waals surface area contributed by atoms with E-state index in [1.54, 1.807) is 0 Å². The lowest BCUT2D eigenvalue weighted by Crippen LogP contribution is -2.25. The summed E-state index contributed by atoms with van der Waals surface area (Å²) < 4.78 is 2.32. The lowest BCUT2D eigenvalue weighted by molar-refractivity contribution is 0.367. The predicted molar refractivity (Wildman–Crippen MR) is 123 cm³/mol. The summed E-state index contributed by atoms with van der Waals surface area (Å²) in [6, 6.07) is 17.1. The number of anilines is 1. The normalized spacial score (nSPS) is 18.8. The van der Waals surface area contributed by atoms with Gasteiger partial charge in [-0.3, -0.25) is 4.98 Å². The van der Waals surface area contributed by atoms with Gasteiger partial charge in [0.25, 0.3) is 0 Å². The Morgan fingerprint density at radius 3 is 2.41 bits per heavy atom. The molecular weight excluding hydrogens is 378 g/mol. The van der Waals surface area contributed by atoms with Crippen molar-refractivity contribution < 1.29 is 0 Å². The molecule has 3 aromatic rings. The number of pyridine rings is 1. The van der Waals surface area contributed by atoms with E-state index < -0.39 is 0 Å². The van der Waals surface area contributed by atoms with Crippen LogP contribution >= 0.6 is 12.2 Å². The summed E-state index contributed by atoms with van der Waals surface area (Å²) in [6.45, 7) is 4.35. The number of aryl methyl sites for hydroxylation is 1. The standard InChI is InChI=1S/C23H27N5S/c1-15-14-19(16(2)28(15)18-11-9-17(10-12-18)26(3)4)22-21(25-23(29)27(22)5)20-8-6-7-13-24-20/h6-14,21-22H,1-5H3,(H,25,29)/t21-,22-/m0/s1. The smallest absolute Gasteiger partial charge is 0.169 e. The van der Waals surface area contributed by atoms with Crippen LogP contribution < -0.4 is 10.2 Å². The number of hydrogen-bond acceptors (Lipinski definition) is 3. The Bertz CT molecular complexity index is 1020. The number of benzene rings is 1. The van der Waals surface area contributed by atoms with E-state index >= 15 is 0 Å². The quantitative estimate of drug-likeness (QED) is 0.660. The van der Waals surface area contributed by atoms with Gasteiger partial charge in [-0.2, -0.15) is 0 Å². The van der Waals surface area contributed by atoms with Gasteiger partial charge in [-0.25, -0.2) is 0 Å². The first-order valence-electron chi connectivity index (χ1n) is 9.79. The maximum Gasteiger partial charge on any atom is 0.169 e. The van der Waals surface area contributed by atoms with Crippen molar-refractivity contribution in [3.63, 3.8) is 0 Å². The largest absolute Gasteiger partial charge is 0.378 e. The van der Waals surface area contributed by atoms with E-state index in [9.17, 15) is 0 Å². The lowest BCUT2D eigenvalue weighted by atomic mass is 9.97. The summed E-state index contributed by atoms with van der Waals surface area (Å²) in [7, 11) is 6.17. The second-order valence-corrected chi connectivity index (χ2v) is 8.20. The molecule has 1 saturated heterocycles. The van der Waals surface area contributed by atoms with Crippen molar-refractivity contribution in [2.45, 2.75) is 25.9 Å². The number of aromatic nitrogens is 2. The SMILES string of the molecule is Cc1cc([C@H]2[C@H](c3ccccn3)NC(=S)N2C)c(C)n1-c1ccc(N(C)C)cc1. The summed E-state index contributed by atoms with van der Waals surface area (Å²) in [5.41, 5.74) is 7.07. The highest BCUT2D eigenvalue weighted by atomic mass is 32.1. The molecule has 0 unspecified atom stereocenters. The van der Waals surface area contributed by atoms with Crippen LogP contribution in [0.3, 0.4) is 0 Å². The molecular formula is C23H27N5S. The Balaban J connectivity index is 1.77. The molecule has 1 aromatic carbocycles. The molecule has 6 heteroatoms. The van der Waals surface area contributed by atoms with Gasteiger partial charge >= 0.3 is 0 Å². The van der Waals surface area contributed by atoms with Gasteiger partial charge in [0.2, 0.25) is 0 Å². The van der Waals surface area contributed by atoms with Crippen molar-refractivity contribution in [1.82, 2.24) is 19.8 Å². The van der Waals surface area contributed by atoms with Crippen LogP contribution in [-0.2, 0) is 0 Å². The molecule has 1 fully saturated rings. The minimum Gasteiger partial charge on any atom is -0.378 e. The summed E-state index contributed by atoms with van der Waals surface area (Å²) in [5, 5.41) is 4.22. The van der Waals surface area contributed by atoms with E-state index in [4.69, 9.17) is 12.2 Å². The van der Waals surface area contributed by atoms with Gasteiger partial charge in [0.05, 0.1) is 17.8 Å². The molecule has 1 aliphatic rings. The van der Waals surface area contributed by atoms with E-state index in [-0.39, 0.29) is 12.1 Å². The topological polar surface area (TPSA) is 36.3 Å². The van der Waals surface area contributed by atoms with Crippen molar-refractivity contribution in [2.75, 3.05) is 26.0 Å². The second kappa shape index (κ2) is 7.52. The highest BCUT2D eigenvalue weighted by Gasteiger charge is 2.39. The lowest BCUT2D eigenvalue weighted by Gasteiger charge is -2.24. The monoisotopic (exact) mass is 405 g/mol. The molecule has 0 aliphatic carbocycles. The van der Waals surface area contributed by atoms with Crippen LogP contribution in [0.1, 0.15) is 34.7 Å². The maximum absolute atomic E-state index is 5.59. The van der Waals surface area contributed by atoms with Gasteiger partial charge in [-0.1, -0.05) is 6.07 Å². The van der Waals surface area contributed by atoms with Crippen LogP contribution in [-0.4, -0.2) is 40.7 Å². The third-order valence-corrected chi connectivity index (χ3v) is 6.16. The third-order valence-electron chi connectivity index (χ3n) is 5.75. The first kappa shape index (κ1) is 19.5. The van der Waals surface area contributed by atoms with Crippen molar-refractivity contribution in [3.05, 3.63) is 77.4 Å². The minimum atomic E-state index is 0.0266. The molecule has 0 bridgehead atoms. The molecule has 2 aromatic heterocycles. The van der Waals surface area contributed by atoms with Gasteiger partial charge in [-0.15, -0.1) is 0 Å². The zero-order valence-electron chi connectivity index (χ0n) is 17.5. The number of likely N-dealkylation sites (N-methyl/N-ethyl adjacent to an activating group) is 1. The molecule has 29 heavy (non-hydrogen) atoms. The van der Waals surface area contributed by atoms with Gasteiger partial charge in [0, 0.05) is 50.1 Å². The predicted octanol–water partition coefficient (Wildman–Crippen LogP) is 4.16. The zero-order chi connectivity index (χ0) is 20.7. The first-order valence-corrected chi connectivity index (χ1v) is 10.2. The van der Waals surface area contributed by atoms with Gasteiger partial charge in [0.15, 0.2) is 5.11 Å². The molecule has 0 radical (unpaired) electrons. The van der Waals surface area contributed by atoms with Crippen LogP contribution in [0.15, 0.2) is 54.7 Å². The summed E-state index contributed by atoms with van der Waals surface area (Å²) in [4.78, 5) is 8.85. The molecule has 1 N–H and O–H groups in total. The van der Waals surface area contributed by atoms with Crippen LogP contribution in [0.2, 0.25) is 0 Å². The van der Waals surface area contributed by atoms with Crippen LogP contribution in [0.4, 0.5) is 5.69 Å². The fourth-order valence-electron chi connectivity index (χ4n) is 4.23. The number of rotatable bonds is 4. The van der Waals surface area contributed by atoms with Crippen LogP contribution in [0, 0.1) is 13.8 Å². The van der Waals surface area contributed by atoms with Gasteiger partial charge in [-0.05, 0) is 74.1 Å². The Hall–Kier alpha value is -2.86. The molecule has 5 nitrogen and oxygen atoms in total. The average Bonchev–Trinajstić information content (AvgIpc) is 3.17. The van der Waals surface area contributed by atoms with Crippen LogP contribution in [0.5, 0.6) is 0 Å². The maximum atomic E-state index is 5.59. The average molecular weight is 406 g/mol. The Morgan fingerprint density at radius 1 is 1.07 bits per heavy atom. The van der Waals surface area contributed by atoms with E-state index in [0.29, 0.717) is 0 Å². The van der Waals surface area contributed by atoms with Crippen molar-refractivity contribution in [3.8, 4) is 5.69 Å². The molecule has 150 valence electrons. The van der Waals surface area contributed by atoms with E-state index in [1.165, 1.54) is 28.3 Å². The number of thiocarbonyl (C=S) groups is 1. The van der Waals surface area contributed by atoms with Crippen molar-refractivity contribution >= 4 is 23.0 Å². The fraction of sp³-hybridized carbons (Fsp3) is 0.304. The summed E-state index contributed by atoms with van der Waals surface area (Å²) in [6.07, 6.45) is 1.84. The summed E-state index contributed by atoms with van der Waals surface area (Å²) >= 11 is 5.59. The Labute approximate surface area is 178 Å². The van der Waals surface area contributed by atoms with E-state index in [1.807, 2.05) is 18.3 Å². The molecule has 0 saturated carbocycles. The number of nitrogens with one attached hydrogen (secondary N) is 1. The molecule has 3 heterocycles. The van der Waals surface area contributed by atoms with E-state index in [0.717, 1.165) is 10.8 Å². The highest BCUT2D eigenvalue weighted by molar-refractivity contribution is 7.80. The van der Waals surface area contributed by atoms with Crippen molar-refractivity contribution in [1.29, 1.82) is 0 Å². The Morgan fingerprint density at radius 2 is 1.79 bits per heavy atom. The number of nitrogens with zero attached hydrogens (tertiary/aromatic N) is 4. The van der Waals surface area contributed by atoms with Gasteiger partial charge < -0.3 is 19.7 Å². The molecule has 0 amide bonds. The van der Waals surface area contributed by atoms with Gasteiger partial charge in [0.1, 0.15) is 0 Å².